The Balaban J connectivity index is 1.51. The van der Waals surface area contributed by atoms with Gasteiger partial charge in [-0.2, -0.15) is 0 Å². The summed E-state index contributed by atoms with van der Waals surface area (Å²) in [5, 5.41) is 23.3. The van der Waals surface area contributed by atoms with E-state index in [0.29, 0.717) is 17.9 Å². The molecule has 1 aromatic heterocycles. The summed E-state index contributed by atoms with van der Waals surface area (Å²) < 4.78 is 0. The molecular formula is C25H43N3O2S. The number of nitrogens with one attached hydrogen (secondary N) is 1. The van der Waals surface area contributed by atoms with Crippen LogP contribution < -0.4 is 11.1 Å². The zero-order valence-electron chi connectivity index (χ0n) is 19.9. The third-order valence-corrected chi connectivity index (χ3v) is 8.67. The predicted octanol–water partition coefficient (Wildman–Crippen LogP) is 3.60. The fourth-order valence-corrected chi connectivity index (χ4v) is 6.35. The standard InChI is InChI=1S/C25H43N3O2S/c1-5-21-13-22(23(31-21)7-11-29)19-6-10-28(18(4)12-19)15-20(26)14-27-16-25(8-9-25)24(30)17(2)3/h13-14,17-19,24,27,29-30H,5-12,15-16,26H2,1-4H3/b20-14-. The summed E-state index contributed by atoms with van der Waals surface area (Å²) in [6, 6.07) is 2.87. The van der Waals surface area contributed by atoms with Crippen molar-refractivity contribution in [3.05, 3.63) is 33.3 Å². The Kier molecular flexibility index (Phi) is 8.47. The molecule has 1 aromatic rings. The van der Waals surface area contributed by atoms with Crippen LogP contribution in [0.4, 0.5) is 0 Å². The van der Waals surface area contributed by atoms with Crippen LogP contribution in [0.1, 0.15) is 74.6 Å². The molecule has 2 fully saturated rings. The molecule has 0 bridgehead atoms. The first kappa shape index (κ1) is 24.6. The normalized spacial score (nSPS) is 25.1. The number of aliphatic hydroxyl groups excluding tert-OH is 2. The van der Waals surface area contributed by atoms with Gasteiger partial charge >= 0.3 is 0 Å². The first-order chi connectivity index (χ1) is 14.8. The number of rotatable bonds is 11. The molecule has 5 N–H and O–H groups in total. The van der Waals surface area contributed by atoms with E-state index in [1.165, 1.54) is 15.3 Å². The summed E-state index contributed by atoms with van der Waals surface area (Å²) in [5.41, 5.74) is 8.74. The third-order valence-electron chi connectivity index (χ3n) is 7.31. The molecule has 176 valence electrons. The molecule has 1 aliphatic carbocycles. The molecule has 0 amide bonds. The number of aliphatic hydroxyl groups is 2. The highest BCUT2D eigenvalue weighted by atomic mass is 32.1. The maximum atomic E-state index is 10.5. The number of aryl methyl sites for hydroxylation is 1. The van der Waals surface area contributed by atoms with E-state index in [4.69, 9.17) is 5.73 Å². The molecule has 6 heteroatoms. The van der Waals surface area contributed by atoms with Crippen molar-refractivity contribution in [2.45, 2.75) is 84.3 Å². The average Bonchev–Trinajstić information content (AvgIpc) is 3.41. The minimum absolute atomic E-state index is 0.0424. The second-order valence-electron chi connectivity index (χ2n) is 10.1. The largest absolute Gasteiger partial charge is 0.400 e. The smallest absolute Gasteiger partial charge is 0.0636 e. The lowest BCUT2D eigenvalue weighted by atomic mass is 9.85. The number of piperidine rings is 1. The molecule has 3 rings (SSSR count). The van der Waals surface area contributed by atoms with Crippen LogP contribution in [0.2, 0.25) is 0 Å². The Morgan fingerprint density at radius 2 is 2.16 bits per heavy atom. The van der Waals surface area contributed by atoms with Crippen LogP contribution in [0.15, 0.2) is 18.0 Å². The average molecular weight is 450 g/mol. The van der Waals surface area contributed by atoms with E-state index < -0.39 is 0 Å². The molecule has 0 radical (unpaired) electrons. The lowest BCUT2D eigenvalue weighted by Gasteiger charge is -2.38. The lowest BCUT2D eigenvalue weighted by molar-refractivity contribution is 0.0519. The lowest BCUT2D eigenvalue weighted by Crippen LogP contribution is -2.42. The van der Waals surface area contributed by atoms with Gasteiger partial charge < -0.3 is 21.3 Å². The summed E-state index contributed by atoms with van der Waals surface area (Å²) in [5.74, 6) is 0.877. The SMILES string of the molecule is CCc1cc(C2CCN(C/C(N)=C/NCC3(C(O)C(C)C)CC3)C(C)C2)c(CCO)s1. The van der Waals surface area contributed by atoms with Crippen LogP contribution in [0, 0.1) is 11.3 Å². The highest BCUT2D eigenvalue weighted by Crippen LogP contribution is 2.50. The summed E-state index contributed by atoms with van der Waals surface area (Å²) in [6.45, 7) is 11.6. The van der Waals surface area contributed by atoms with Gasteiger partial charge in [-0.1, -0.05) is 20.8 Å². The van der Waals surface area contributed by atoms with E-state index in [0.717, 1.165) is 63.9 Å². The van der Waals surface area contributed by atoms with Gasteiger partial charge in [0.05, 0.1) is 6.10 Å². The number of thiophene rings is 1. The Bertz CT molecular complexity index is 741. The summed E-state index contributed by atoms with van der Waals surface area (Å²) in [7, 11) is 0. The van der Waals surface area contributed by atoms with Gasteiger partial charge in [-0.15, -0.1) is 11.3 Å². The van der Waals surface area contributed by atoms with Gasteiger partial charge in [0.1, 0.15) is 0 Å². The minimum atomic E-state index is -0.241. The van der Waals surface area contributed by atoms with E-state index in [9.17, 15) is 10.2 Å². The van der Waals surface area contributed by atoms with Gasteiger partial charge in [-0.25, -0.2) is 0 Å². The fraction of sp³-hybridized carbons (Fsp3) is 0.760. The van der Waals surface area contributed by atoms with Crippen LogP contribution in [-0.2, 0) is 12.8 Å². The number of hydrogen-bond acceptors (Lipinski definition) is 6. The molecule has 3 atom stereocenters. The van der Waals surface area contributed by atoms with Crippen LogP contribution in [0.3, 0.4) is 0 Å². The van der Waals surface area contributed by atoms with Gasteiger partial charge in [0.2, 0.25) is 0 Å². The molecule has 1 saturated heterocycles. The third kappa shape index (κ3) is 6.04. The zero-order chi connectivity index (χ0) is 22.6. The highest BCUT2D eigenvalue weighted by molar-refractivity contribution is 7.12. The highest BCUT2D eigenvalue weighted by Gasteiger charge is 2.49. The first-order valence-electron chi connectivity index (χ1n) is 12.1. The van der Waals surface area contributed by atoms with E-state index in [1.807, 2.05) is 17.5 Å². The molecule has 1 aliphatic heterocycles. The molecular weight excluding hydrogens is 406 g/mol. The molecule has 0 aromatic carbocycles. The van der Waals surface area contributed by atoms with Crippen molar-refractivity contribution in [1.82, 2.24) is 10.2 Å². The maximum absolute atomic E-state index is 10.5. The second kappa shape index (κ2) is 10.7. The van der Waals surface area contributed by atoms with E-state index in [-0.39, 0.29) is 18.1 Å². The van der Waals surface area contributed by atoms with Crippen LogP contribution >= 0.6 is 11.3 Å². The molecule has 3 unspecified atom stereocenters. The van der Waals surface area contributed by atoms with Crippen molar-refractivity contribution in [2.24, 2.45) is 17.1 Å². The monoisotopic (exact) mass is 449 g/mol. The quantitative estimate of drug-likeness (QED) is 0.415. The van der Waals surface area contributed by atoms with Gasteiger partial charge in [0, 0.05) is 59.2 Å². The minimum Gasteiger partial charge on any atom is -0.400 e. The molecule has 2 heterocycles. The molecule has 1 saturated carbocycles. The molecule has 31 heavy (non-hydrogen) atoms. The summed E-state index contributed by atoms with van der Waals surface area (Å²) in [6.07, 6.45) is 8.04. The summed E-state index contributed by atoms with van der Waals surface area (Å²) in [4.78, 5) is 5.30. The Hall–Kier alpha value is -1.08. The van der Waals surface area contributed by atoms with Gasteiger partial charge in [0.15, 0.2) is 0 Å². The zero-order valence-corrected chi connectivity index (χ0v) is 20.7. The molecule has 0 spiro atoms. The van der Waals surface area contributed by atoms with Crippen molar-refractivity contribution in [1.29, 1.82) is 0 Å². The van der Waals surface area contributed by atoms with E-state index in [1.54, 1.807) is 0 Å². The van der Waals surface area contributed by atoms with Crippen molar-refractivity contribution in [3.63, 3.8) is 0 Å². The topological polar surface area (TPSA) is 81.8 Å². The van der Waals surface area contributed by atoms with Crippen molar-refractivity contribution in [2.75, 3.05) is 26.2 Å². The summed E-state index contributed by atoms with van der Waals surface area (Å²) >= 11 is 1.88. The second-order valence-corrected chi connectivity index (χ2v) is 11.3. The predicted molar refractivity (Wildman–Crippen MR) is 130 cm³/mol. The van der Waals surface area contributed by atoms with E-state index >= 15 is 0 Å². The fourth-order valence-electron chi connectivity index (χ4n) is 5.17. The van der Waals surface area contributed by atoms with Crippen molar-refractivity contribution in [3.8, 4) is 0 Å². The number of nitrogens with zero attached hydrogens (tertiary/aromatic N) is 1. The molecule has 5 nitrogen and oxygen atoms in total. The van der Waals surface area contributed by atoms with Crippen LogP contribution in [-0.4, -0.2) is 53.5 Å². The van der Waals surface area contributed by atoms with Crippen molar-refractivity contribution >= 4 is 11.3 Å². The Morgan fingerprint density at radius 1 is 1.42 bits per heavy atom. The number of hydrogen-bond donors (Lipinski definition) is 4. The number of nitrogens with two attached hydrogens (primary N) is 1. The first-order valence-corrected chi connectivity index (χ1v) is 12.9. The van der Waals surface area contributed by atoms with Gasteiger partial charge in [0.25, 0.3) is 0 Å². The van der Waals surface area contributed by atoms with Crippen LogP contribution in [0.25, 0.3) is 0 Å². The van der Waals surface area contributed by atoms with Gasteiger partial charge in [-0.3, -0.25) is 4.90 Å². The van der Waals surface area contributed by atoms with Crippen LogP contribution in [0.5, 0.6) is 0 Å². The van der Waals surface area contributed by atoms with Gasteiger partial charge in [-0.05, 0) is 69.0 Å². The maximum Gasteiger partial charge on any atom is 0.0636 e. The Morgan fingerprint density at radius 3 is 2.74 bits per heavy atom. The number of likely N-dealkylation sites (tertiary alicyclic amines) is 1. The van der Waals surface area contributed by atoms with Crippen molar-refractivity contribution < 1.29 is 10.2 Å². The Labute approximate surface area is 192 Å². The molecule has 2 aliphatic rings. The van der Waals surface area contributed by atoms with E-state index in [2.05, 4.69) is 44.0 Å².